The molecule has 2 fully saturated rings. The van der Waals surface area contributed by atoms with E-state index in [1.54, 1.807) is 9.80 Å². The van der Waals surface area contributed by atoms with Crippen LogP contribution in [0.1, 0.15) is 40.0 Å². The predicted molar refractivity (Wildman–Crippen MR) is 88.6 cm³/mol. The van der Waals surface area contributed by atoms with Crippen molar-refractivity contribution in [1.82, 2.24) is 9.80 Å². The minimum Gasteiger partial charge on any atom is -0.444 e. The van der Waals surface area contributed by atoms with Crippen molar-refractivity contribution in [3.63, 3.8) is 0 Å². The molecule has 0 saturated carbocycles. The zero-order valence-electron chi connectivity index (χ0n) is 14.5. The Morgan fingerprint density at radius 1 is 1.38 bits per heavy atom. The average molecular weight is 361 g/mol. The van der Waals surface area contributed by atoms with Gasteiger partial charge in [0.2, 0.25) is 15.9 Å². The van der Waals surface area contributed by atoms with E-state index in [-0.39, 0.29) is 36.1 Å². The fourth-order valence-electron chi connectivity index (χ4n) is 3.31. The lowest BCUT2D eigenvalue weighted by Crippen LogP contribution is -2.45. The second-order valence-electron chi connectivity index (χ2n) is 7.67. The summed E-state index contributed by atoms with van der Waals surface area (Å²) in [5.74, 6) is -0.543. The molecular weight excluding hydrogens is 334 g/mol. The molecule has 0 aromatic heterocycles. The number of amides is 2. The minimum atomic E-state index is -3.59. The van der Waals surface area contributed by atoms with Crippen molar-refractivity contribution in [2.45, 2.75) is 51.7 Å². The van der Waals surface area contributed by atoms with Crippen LogP contribution in [-0.4, -0.2) is 67.2 Å². The maximum absolute atomic E-state index is 12.3. The molecule has 2 atom stereocenters. The van der Waals surface area contributed by atoms with Gasteiger partial charge in [-0.1, -0.05) is 0 Å². The predicted octanol–water partition coefficient (Wildman–Crippen LogP) is 0.523. The number of ether oxygens (including phenoxy) is 1. The Labute approximate surface area is 143 Å². The molecule has 2 heterocycles. The molecule has 2 rings (SSSR count). The topological polar surface area (TPSA) is 110 Å². The van der Waals surface area contributed by atoms with Gasteiger partial charge in [-0.3, -0.25) is 4.79 Å². The molecule has 0 spiro atoms. The number of nitrogens with zero attached hydrogens (tertiary/aromatic N) is 2. The highest BCUT2D eigenvalue weighted by Gasteiger charge is 2.37. The lowest BCUT2D eigenvalue weighted by molar-refractivity contribution is -0.128. The van der Waals surface area contributed by atoms with E-state index in [0.29, 0.717) is 19.6 Å². The lowest BCUT2D eigenvalue weighted by Gasteiger charge is -2.31. The van der Waals surface area contributed by atoms with Crippen LogP contribution >= 0.6 is 0 Å². The van der Waals surface area contributed by atoms with E-state index in [2.05, 4.69) is 0 Å². The van der Waals surface area contributed by atoms with E-state index >= 15 is 0 Å². The summed E-state index contributed by atoms with van der Waals surface area (Å²) in [6.07, 6.45) is 1.50. The van der Waals surface area contributed by atoms with Gasteiger partial charge in [-0.05, 0) is 33.6 Å². The third-order valence-corrected chi connectivity index (χ3v) is 5.13. The number of hydrogen-bond acceptors (Lipinski definition) is 5. The maximum atomic E-state index is 12.3. The molecular formula is C15H27N3O5S. The highest BCUT2D eigenvalue weighted by Crippen LogP contribution is 2.25. The van der Waals surface area contributed by atoms with Crippen LogP contribution in [0.25, 0.3) is 0 Å². The fourth-order valence-corrected chi connectivity index (χ4v) is 4.19. The zero-order valence-corrected chi connectivity index (χ0v) is 15.3. The SMILES string of the molecule is CC(C)(C)OC(=O)N1CCC[C@@H]1CN1CC(CS(N)(=O)=O)CC1=O. The van der Waals surface area contributed by atoms with E-state index in [0.717, 1.165) is 12.8 Å². The summed E-state index contributed by atoms with van der Waals surface area (Å²) in [5.41, 5.74) is -0.561. The van der Waals surface area contributed by atoms with Crippen molar-refractivity contribution < 1.29 is 22.7 Å². The Morgan fingerprint density at radius 3 is 2.62 bits per heavy atom. The Hall–Kier alpha value is -1.35. The molecule has 0 aromatic rings. The molecule has 0 aliphatic carbocycles. The third kappa shape index (κ3) is 5.34. The van der Waals surface area contributed by atoms with Crippen LogP contribution in [0, 0.1) is 5.92 Å². The van der Waals surface area contributed by atoms with Crippen LogP contribution in [0.2, 0.25) is 0 Å². The zero-order chi connectivity index (χ0) is 18.1. The molecule has 2 aliphatic heterocycles. The van der Waals surface area contributed by atoms with Gasteiger partial charge >= 0.3 is 6.09 Å². The van der Waals surface area contributed by atoms with Crippen molar-refractivity contribution in [1.29, 1.82) is 0 Å². The first-order valence-electron chi connectivity index (χ1n) is 8.22. The van der Waals surface area contributed by atoms with Crippen molar-refractivity contribution in [3.8, 4) is 0 Å². The summed E-state index contributed by atoms with van der Waals surface area (Å²) < 4.78 is 27.8. The molecule has 8 nitrogen and oxygen atoms in total. The molecule has 2 aliphatic rings. The van der Waals surface area contributed by atoms with Gasteiger partial charge in [0.15, 0.2) is 0 Å². The minimum absolute atomic E-state index is 0.0836. The van der Waals surface area contributed by atoms with Gasteiger partial charge in [-0.2, -0.15) is 0 Å². The molecule has 2 N–H and O–H groups in total. The first-order chi connectivity index (χ1) is 10.9. The van der Waals surface area contributed by atoms with Crippen molar-refractivity contribution >= 4 is 22.0 Å². The van der Waals surface area contributed by atoms with E-state index in [1.165, 1.54) is 0 Å². The van der Waals surface area contributed by atoms with Crippen molar-refractivity contribution in [2.24, 2.45) is 11.1 Å². The molecule has 2 amide bonds. The van der Waals surface area contributed by atoms with Gasteiger partial charge in [-0.15, -0.1) is 0 Å². The molecule has 9 heteroatoms. The summed E-state index contributed by atoms with van der Waals surface area (Å²) in [4.78, 5) is 27.7. The number of carbonyl (C=O) groups is 2. The summed E-state index contributed by atoms with van der Waals surface area (Å²) in [6.45, 7) is 6.85. The second kappa shape index (κ2) is 6.87. The third-order valence-electron chi connectivity index (χ3n) is 4.20. The summed E-state index contributed by atoms with van der Waals surface area (Å²) in [5, 5.41) is 5.06. The lowest BCUT2D eigenvalue weighted by atomic mass is 10.1. The number of nitrogens with two attached hydrogens (primary N) is 1. The van der Waals surface area contributed by atoms with Gasteiger partial charge in [0.1, 0.15) is 5.60 Å². The summed E-state index contributed by atoms with van der Waals surface area (Å²) in [6, 6.07) is -0.0861. The first-order valence-corrected chi connectivity index (χ1v) is 9.94. The van der Waals surface area contributed by atoms with Crippen LogP contribution in [0.3, 0.4) is 0 Å². The monoisotopic (exact) mass is 361 g/mol. The van der Waals surface area contributed by atoms with Crippen LogP contribution in [0.5, 0.6) is 0 Å². The Kier molecular flexibility index (Phi) is 5.44. The van der Waals surface area contributed by atoms with E-state index in [9.17, 15) is 18.0 Å². The number of sulfonamides is 1. The quantitative estimate of drug-likeness (QED) is 0.785. The van der Waals surface area contributed by atoms with Crippen LogP contribution in [0.4, 0.5) is 4.79 Å². The van der Waals surface area contributed by atoms with Crippen LogP contribution in [-0.2, 0) is 19.6 Å². The van der Waals surface area contributed by atoms with Gasteiger partial charge in [0.25, 0.3) is 0 Å². The van der Waals surface area contributed by atoms with E-state index < -0.39 is 15.6 Å². The molecule has 24 heavy (non-hydrogen) atoms. The van der Waals surface area contributed by atoms with E-state index in [1.807, 2.05) is 20.8 Å². The summed E-state index contributed by atoms with van der Waals surface area (Å²) in [7, 11) is -3.59. The largest absolute Gasteiger partial charge is 0.444 e. The Bertz CT molecular complexity index is 599. The number of primary sulfonamides is 1. The maximum Gasteiger partial charge on any atom is 0.410 e. The number of rotatable bonds is 4. The van der Waals surface area contributed by atoms with Crippen LogP contribution in [0.15, 0.2) is 0 Å². The normalized spacial score (nSPS) is 25.4. The number of likely N-dealkylation sites (tertiary alicyclic amines) is 2. The summed E-state index contributed by atoms with van der Waals surface area (Å²) >= 11 is 0. The van der Waals surface area contributed by atoms with Crippen LogP contribution < -0.4 is 5.14 Å². The fraction of sp³-hybridized carbons (Fsp3) is 0.867. The molecule has 2 saturated heterocycles. The molecule has 0 aromatic carbocycles. The second-order valence-corrected chi connectivity index (χ2v) is 9.33. The smallest absolute Gasteiger partial charge is 0.410 e. The first kappa shape index (κ1) is 19.0. The molecule has 138 valence electrons. The molecule has 0 bridgehead atoms. The standard InChI is InChI=1S/C15H27N3O5S/c1-15(2,3)23-14(20)18-6-4-5-12(18)9-17-8-11(7-13(17)19)10-24(16,21)22/h11-12H,4-10H2,1-3H3,(H2,16,21,22)/t11?,12-/m1/s1. The van der Waals surface area contributed by atoms with Crippen molar-refractivity contribution in [3.05, 3.63) is 0 Å². The van der Waals surface area contributed by atoms with Crippen molar-refractivity contribution in [2.75, 3.05) is 25.4 Å². The molecule has 1 unspecified atom stereocenters. The van der Waals surface area contributed by atoms with E-state index in [4.69, 9.17) is 9.88 Å². The number of carbonyl (C=O) groups excluding carboxylic acids is 2. The Balaban J connectivity index is 1.94. The average Bonchev–Trinajstić information content (AvgIpc) is 2.93. The highest BCUT2D eigenvalue weighted by atomic mass is 32.2. The number of hydrogen-bond donors (Lipinski definition) is 1. The highest BCUT2D eigenvalue weighted by molar-refractivity contribution is 7.89. The van der Waals surface area contributed by atoms with Gasteiger partial charge in [-0.25, -0.2) is 18.4 Å². The Morgan fingerprint density at radius 2 is 2.04 bits per heavy atom. The van der Waals surface area contributed by atoms with Gasteiger partial charge < -0.3 is 14.5 Å². The van der Waals surface area contributed by atoms with Gasteiger partial charge in [0.05, 0.1) is 11.8 Å². The van der Waals surface area contributed by atoms with Gasteiger partial charge in [0, 0.05) is 32.0 Å². The molecule has 0 radical (unpaired) electrons.